The Balaban J connectivity index is 3.13. The Labute approximate surface area is 76.8 Å². The van der Waals surface area contributed by atoms with Gasteiger partial charge in [0.15, 0.2) is 0 Å². The van der Waals surface area contributed by atoms with E-state index >= 15 is 0 Å². The van der Waals surface area contributed by atoms with Crippen LogP contribution in [0.4, 0.5) is 5.69 Å². The molecule has 0 aromatic carbocycles. The van der Waals surface area contributed by atoms with E-state index in [9.17, 15) is 10.1 Å². The third-order valence-electron chi connectivity index (χ3n) is 1.72. The predicted molar refractivity (Wildman–Crippen MR) is 49.6 cm³/mol. The minimum absolute atomic E-state index is 0.0972. The zero-order chi connectivity index (χ0) is 10.1. The SMILES string of the molecule is CC(C)(C)c1cc([N+](=O)[O-])ccn1. The molecule has 1 aromatic heterocycles. The summed E-state index contributed by atoms with van der Waals surface area (Å²) in [4.78, 5) is 14.1. The van der Waals surface area contributed by atoms with Crippen molar-refractivity contribution in [2.24, 2.45) is 0 Å². The Morgan fingerprint density at radius 2 is 2.08 bits per heavy atom. The summed E-state index contributed by atoms with van der Waals surface area (Å²) in [6.07, 6.45) is 1.47. The fraction of sp³-hybridized carbons (Fsp3) is 0.444. The topological polar surface area (TPSA) is 56.0 Å². The van der Waals surface area contributed by atoms with Crippen molar-refractivity contribution < 1.29 is 4.92 Å². The molecule has 0 bridgehead atoms. The maximum atomic E-state index is 10.5. The Hall–Kier alpha value is -1.45. The molecule has 1 rings (SSSR count). The van der Waals surface area contributed by atoms with Gasteiger partial charge < -0.3 is 0 Å². The molecule has 0 aliphatic rings. The van der Waals surface area contributed by atoms with E-state index in [-0.39, 0.29) is 11.1 Å². The van der Waals surface area contributed by atoms with E-state index in [1.54, 1.807) is 0 Å². The maximum absolute atomic E-state index is 10.5. The monoisotopic (exact) mass is 180 g/mol. The van der Waals surface area contributed by atoms with Crippen molar-refractivity contribution >= 4 is 5.69 Å². The molecule has 0 unspecified atom stereocenters. The second-order valence-electron chi connectivity index (χ2n) is 3.91. The molecule has 0 amide bonds. The molecule has 0 N–H and O–H groups in total. The highest BCUT2D eigenvalue weighted by molar-refractivity contribution is 5.32. The van der Waals surface area contributed by atoms with Crippen LogP contribution in [-0.2, 0) is 5.41 Å². The van der Waals surface area contributed by atoms with Crippen LogP contribution in [0.5, 0.6) is 0 Å². The molecule has 0 atom stereocenters. The van der Waals surface area contributed by atoms with Gasteiger partial charge in [-0.2, -0.15) is 0 Å². The van der Waals surface area contributed by atoms with Gasteiger partial charge in [0.1, 0.15) is 0 Å². The fourth-order valence-corrected chi connectivity index (χ4v) is 0.943. The molecule has 0 radical (unpaired) electrons. The third kappa shape index (κ3) is 2.24. The summed E-state index contributed by atoms with van der Waals surface area (Å²) in [5.41, 5.74) is 0.688. The van der Waals surface area contributed by atoms with E-state index in [4.69, 9.17) is 0 Å². The molecule has 0 aliphatic carbocycles. The normalized spacial score (nSPS) is 11.3. The number of pyridine rings is 1. The summed E-state index contributed by atoms with van der Waals surface area (Å²) in [7, 11) is 0. The highest BCUT2D eigenvalue weighted by Crippen LogP contribution is 2.22. The number of nitro groups is 1. The summed E-state index contributed by atoms with van der Waals surface area (Å²) in [5.74, 6) is 0. The first-order chi connectivity index (χ1) is 5.91. The van der Waals surface area contributed by atoms with E-state index in [1.807, 2.05) is 20.8 Å². The highest BCUT2D eigenvalue weighted by Gasteiger charge is 2.18. The number of aromatic nitrogens is 1. The van der Waals surface area contributed by atoms with Crippen LogP contribution in [0.3, 0.4) is 0 Å². The smallest absolute Gasteiger partial charge is 0.260 e. The van der Waals surface area contributed by atoms with E-state index in [0.717, 1.165) is 5.69 Å². The van der Waals surface area contributed by atoms with Crippen LogP contribution in [0, 0.1) is 10.1 Å². The Morgan fingerprint density at radius 3 is 2.54 bits per heavy atom. The van der Waals surface area contributed by atoms with Crippen molar-refractivity contribution in [2.75, 3.05) is 0 Å². The van der Waals surface area contributed by atoms with Crippen LogP contribution in [0.15, 0.2) is 18.3 Å². The lowest BCUT2D eigenvalue weighted by Crippen LogP contribution is -2.13. The lowest BCUT2D eigenvalue weighted by Gasteiger charge is -2.16. The third-order valence-corrected chi connectivity index (χ3v) is 1.72. The Bertz CT molecular complexity index is 329. The first-order valence-electron chi connectivity index (χ1n) is 4.02. The first-order valence-corrected chi connectivity index (χ1v) is 4.02. The summed E-state index contributed by atoms with van der Waals surface area (Å²) in [6, 6.07) is 2.91. The molecule has 1 heterocycles. The molecule has 0 fully saturated rings. The molecular formula is C9H12N2O2. The molecule has 0 spiro atoms. The van der Waals surface area contributed by atoms with Crippen molar-refractivity contribution in [3.05, 3.63) is 34.1 Å². The lowest BCUT2D eigenvalue weighted by atomic mass is 9.91. The van der Waals surface area contributed by atoms with Gasteiger partial charge in [-0.25, -0.2) is 0 Å². The molecule has 1 aromatic rings. The van der Waals surface area contributed by atoms with Gasteiger partial charge in [-0.15, -0.1) is 0 Å². The van der Waals surface area contributed by atoms with Crippen LogP contribution in [-0.4, -0.2) is 9.91 Å². The van der Waals surface area contributed by atoms with Crippen molar-refractivity contribution in [3.8, 4) is 0 Å². The van der Waals surface area contributed by atoms with E-state index in [1.165, 1.54) is 18.3 Å². The van der Waals surface area contributed by atoms with Crippen LogP contribution in [0.25, 0.3) is 0 Å². The highest BCUT2D eigenvalue weighted by atomic mass is 16.6. The molecule has 0 saturated heterocycles. The number of hydrogen-bond donors (Lipinski definition) is 0. The van der Waals surface area contributed by atoms with E-state index in [0.29, 0.717) is 0 Å². The standard InChI is InChI=1S/C9H12N2O2/c1-9(2,3)8-6-7(11(12)13)4-5-10-8/h4-6H,1-3H3. The van der Waals surface area contributed by atoms with Gasteiger partial charge in [0.05, 0.1) is 10.6 Å². The Kier molecular flexibility index (Phi) is 2.32. The van der Waals surface area contributed by atoms with Gasteiger partial charge in [-0.05, 0) is 0 Å². The average Bonchev–Trinajstić information content (AvgIpc) is 2.03. The minimum atomic E-state index is -0.406. The Morgan fingerprint density at radius 1 is 1.46 bits per heavy atom. The van der Waals surface area contributed by atoms with Crippen LogP contribution in [0.1, 0.15) is 26.5 Å². The minimum Gasteiger partial charge on any atom is -0.260 e. The van der Waals surface area contributed by atoms with Gasteiger partial charge in [0, 0.05) is 23.7 Å². The van der Waals surface area contributed by atoms with Gasteiger partial charge >= 0.3 is 0 Å². The average molecular weight is 180 g/mol. The summed E-state index contributed by atoms with van der Waals surface area (Å²) in [5, 5.41) is 10.5. The quantitative estimate of drug-likeness (QED) is 0.492. The molecule has 4 heteroatoms. The predicted octanol–water partition coefficient (Wildman–Crippen LogP) is 2.29. The number of rotatable bonds is 1. The van der Waals surface area contributed by atoms with E-state index in [2.05, 4.69) is 4.98 Å². The zero-order valence-corrected chi connectivity index (χ0v) is 7.94. The molecule has 0 saturated carbocycles. The van der Waals surface area contributed by atoms with Crippen LogP contribution in [0.2, 0.25) is 0 Å². The van der Waals surface area contributed by atoms with Crippen molar-refractivity contribution in [2.45, 2.75) is 26.2 Å². The molecule has 70 valence electrons. The second-order valence-corrected chi connectivity index (χ2v) is 3.91. The number of nitrogens with zero attached hydrogens (tertiary/aromatic N) is 2. The molecule has 4 nitrogen and oxygen atoms in total. The second kappa shape index (κ2) is 3.12. The zero-order valence-electron chi connectivity index (χ0n) is 7.94. The summed E-state index contributed by atoms with van der Waals surface area (Å²) >= 11 is 0. The van der Waals surface area contributed by atoms with E-state index < -0.39 is 4.92 Å². The summed E-state index contributed by atoms with van der Waals surface area (Å²) in [6.45, 7) is 5.91. The van der Waals surface area contributed by atoms with Crippen molar-refractivity contribution in [1.29, 1.82) is 0 Å². The van der Waals surface area contributed by atoms with Crippen LogP contribution >= 0.6 is 0 Å². The molecule has 13 heavy (non-hydrogen) atoms. The van der Waals surface area contributed by atoms with Gasteiger partial charge in [0.2, 0.25) is 0 Å². The number of hydrogen-bond acceptors (Lipinski definition) is 3. The van der Waals surface area contributed by atoms with Crippen molar-refractivity contribution in [1.82, 2.24) is 4.98 Å². The van der Waals surface area contributed by atoms with Gasteiger partial charge in [-0.3, -0.25) is 15.1 Å². The molecule has 0 aliphatic heterocycles. The maximum Gasteiger partial charge on any atom is 0.272 e. The summed E-state index contributed by atoms with van der Waals surface area (Å²) < 4.78 is 0. The lowest BCUT2D eigenvalue weighted by molar-refractivity contribution is -0.385. The fourth-order valence-electron chi connectivity index (χ4n) is 0.943. The van der Waals surface area contributed by atoms with Crippen molar-refractivity contribution in [3.63, 3.8) is 0 Å². The largest absolute Gasteiger partial charge is 0.272 e. The van der Waals surface area contributed by atoms with Gasteiger partial charge in [0.25, 0.3) is 5.69 Å². The molecular weight excluding hydrogens is 168 g/mol. The first kappa shape index (κ1) is 9.64. The van der Waals surface area contributed by atoms with Gasteiger partial charge in [-0.1, -0.05) is 20.8 Å². The van der Waals surface area contributed by atoms with Crippen LogP contribution < -0.4 is 0 Å².